The largest absolute Gasteiger partial charge is 0.496 e. The molecule has 0 aromatic heterocycles. The highest BCUT2D eigenvalue weighted by Crippen LogP contribution is 2.39. The van der Waals surface area contributed by atoms with E-state index < -0.39 is 30.2 Å². The third-order valence-electron chi connectivity index (χ3n) is 2.36. The van der Waals surface area contributed by atoms with Crippen LogP contribution in [0.3, 0.4) is 0 Å². The van der Waals surface area contributed by atoms with Gasteiger partial charge in [0, 0.05) is 11.6 Å². The summed E-state index contributed by atoms with van der Waals surface area (Å²) in [6.45, 7) is 0. The Morgan fingerprint density at radius 2 is 2.11 bits per heavy atom. The first kappa shape index (κ1) is 14.3. The van der Waals surface area contributed by atoms with Gasteiger partial charge in [0.1, 0.15) is 5.75 Å². The maximum absolute atomic E-state index is 12.8. The predicted molar refractivity (Wildman–Crippen MR) is 57.2 cm³/mol. The molecule has 1 unspecified atom stereocenters. The van der Waals surface area contributed by atoms with E-state index in [0.29, 0.717) is 0 Å². The van der Waals surface area contributed by atoms with Gasteiger partial charge in [-0.05, 0) is 12.1 Å². The number of benzene rings is 1. The topological polar surface area (TPSA) is 72.5 Å². The van der Waals surface area contributed by atoms with Crippen LogP contribution in [0.4, 0.5) is 13.2 Å². The van der Waals surface area contributed by atoms with Crippen molar-refractivity contribution in [1.29, 1.82) is 0 Å². The fourth-order valence-corrected chi connectivity index (χ4v) is 1.64. The normalized spacial score (nSPS) is 13.2. The standard InChI is InChI=1S/C11H12F3NO3/c1-18-8-4-2-3-6(11(12,13)14)10(8)7(15)5-9(16)17/h2-4,7H,5,15H2,1H3,(H,16,17). The highest BCUT2D eigenvalue weighted by atomic mass is 19.4. The Hall–Kier alpha value is -1.76. The van der Waals surface area contributed by atoms with Crippen LogP contribution in [0.5, 0.6) is 5.75 Å². The summed E-state index contributed by atoms with van der Waals surface area (Å²) in [7, 11) is 1.20. The minimum Gasteiger partial charge on any atom is -0.496 e. The van der Waals surface area contributed by atoms with Gasteiger partial charge in [0.25, 0.3) is 0 Å². The Morgan fingerprint density at radius 3 is 2.56 bits per heavy atom. The number of hydrogen-bond donors (Lipinski definition) is 2. The van der Waals surface area contributed by atoms with Crippen LogP contribution in [0.25, 0.3) is 0 Å². The molecule has 0 aliphatic heterocycles. The number of carboxylic acid groups (broad SMARTS) is 1. The zero-order valence-corrected chi connectivity index (χ0v) is 9.49. The first-order chi connectivity index (χ1) is 8.27. The molecular weight excluding hydrogens is 251 g/mol. The molecule has 3 N–H and O–H groups in total. The fourth-order valence-electron chi connectivity index (χ4n) is 1.64. The number of alkyl halides is 3. The quantitative estimate of drug-likeness (QED) is 0.873. The van der Waals surface area contributed by atoms with Crippen molar-refractivity contribution in [2.75, 3.05) is 7.11 Å². The average Bonchev–Trinajstić information content (AvgIpc) is 2.25. The summed E-state index contributed by atoms with van der Waals surface area (Å²) in [5.74, 6) is -1.35. The van der Waals surface area contributed by atoms with Crippen LogP contribution in [-0.2, 0) is 11.0 Å². The Morgan fingerprint density at radius 1 is 1.50 bits per heavy atom. The Balaban J connectivity index is 3.32. The third kappa shape index (κ3) is 3.13. The highest BCUT2D eigenvalue weighted by molar-refractivity contribution is 5.68. The van der Waals surface area contributed by atoms with E-state index in [4.69, 9.17) is 15.6 Å². The molecule has 0 saturated heterocycles. The molecule has 1 aromatic carbocycles. The van der Waals surface area contributed by atoms with E-state index >= 15 is 0 Å². The summed E-state index contributed by atoms with van der Waals surface area (Å²) in [4.78, 5) is 10.5. The van der Waals surface area contributed by atoms with E-state index in [2.05, 4.69) is 0 Å². The van der Waals surface area contributed by atoms with Crippen molar-refractivity contribution in [2.24, 2.45) is 5.73 Å². The van der Waals surface area contributed by atoms with Crippen molar-refractivity contribution in [2.45, 2.75) is 18.6 Å². The number of halogens is 3. The van der Waals surface area contributed by atoms with Crippen molar-refractivity contribution in [3.8, 4) is 5.75 Å². The number of hydrogen-bond acceptors (Lipinski definition) is 3. The van der Waals surface area contributed by atoms with E-state index in [1.165, 1.54) is 19.2 Å². The van der Waals surface area contributed by atoms with Crippen LogP contribution in [0.15, 0.2) is 18.2 Å². The Labute approximate surface area is 101 Å². The Bertz CT molecular complexity index is 446. The van der Waals surface area contributed by atoms with Crippen molar-refractivity contribution in [1.82, 2.24) is 0 Å². The predicted octanol–water partition coefficient (Wildman–Crippen LogP) is 2.19. The van der Waals surface area contributed by atoms with Crippen LogP contribution in [0, 0.1) is 0 Å². The third-order valence-corrected chi connectivity index (χ3v) is 2.36. The molecule has 1 atom stereocenters. The maximum Gasteiger partial charge on any atom is 0.416 e. The lowest BCUT2D eigenvalue weighted by atomic mass is 9.97. The van der Waals surface area contributed by atoms with Crippen LogP contribution in [-0.4, -0.2) is 18.2 Å². The molecule has 0 aliphatic rings. The van der Waals surface area contributed by atoms with Gasteiger partial charge in [-0.25, -0.2) is 0 Å². The zero-order valence-electron chi connectivity index (χ0n) is 9.49. The van der Waals surface area contributed by atoms with E-state index in [1.807, 2.05) is 0 Å². The van der Waals surface area contributed by atoms with Crippen molar-refractivity contribution in [3.05, 3.63) is 29.3 Å². The number of ether oxygens (including phenoxy) is 1. The van der Waals surface area contributed by atoms with E-state index in [9.17, 15) is 18.0 Å². The monoisotopic (exact) mass is 263 g/mol. The number of methoxy groups -OCH3 is 1. The van der Waals surface area contributed by atoms with Gasteiger partial charge in [-0.1, -0.05) is 6.07 Å². The van der Waals surface area contributed by atoms with E-state index in [0.717, 1.165) is 6.07 Å². The molecular formula is C11H12F3NO3. The van der Waals surface area contributed by atoms with Gasteiger partial charge >= 0.3 is 12.1 Å². The second-order valence-electron chi connectivity index (χ2n) is 3.62. The average molecular weight is 263 g/mol. The second kappa shape index (κ2) is 5.26. The lowest BCUT2D eigenvalue weighted by Crippen LogP contribution is -2.21. The number of rotatable bonds is 4. The van der Waals surface area contributed by atoms with Gasteiger partial charge in [-0.2, -0.15) is 13.2 Å². The lowest BCUT2D eigenvalue weighted by molar-refractivity contribution is -0.140. The van der Waals surface area contributed by atoms with Crippen molar-refractivity contribution >= 4 is 5.97 Å². The van der Waals surface area contributed by atoms with Crippen LogP contribution >= 0.6 is 0 Å². The van der Waals surface area contributed by atoms with Crippen molar-refractivity contribution < 1.29 is 27.8 Å². The van der Waals surface area contributed by atoms with Gasteiger partial charge in [0.2, 0.25) is 0 Å². The number of carbonyl (C=O) groups is 1. The molecule has 7 heteroatoms. The van der Waals surface area contributed by atoms with Crippen molar-refractivity contribution in [3.63, 3.8) is 0 Å². The summed E-state index contributed by atoms with van der Waals surface area (Å²) in [5.41, 5.74) is 4.19. The van der Waals surface area contributed by atoms with Crippen LogP contribution < -0.4 is 10.5 Å². The second-order valence-corrected chi connectivity index (χ2v) is 3.62. The zero-order chi connectivity index (χ0) is 13.9. The van der Waals surface area contributed by atoms with Gasteiger partial charge < -0.3 is 15.6 Å². The summed E-state index contributed by atoms with van der Waals surface area (Å²) in [6, 6.07) is 2.06. The highest BCUT2D eigenvalue weighted by Gasteiger charge is 2.36. The Kier molecular flexibility index (Phi) is 4.18. The molecule has 18 heavy (non-hydrogen) atoms. The molecule has 0 aliphatic carbocycles. The van der Waals surface area contributed by atoms with Crippen LogP contribution in [0.1, 0.15) is 23.6 Å². The summed E-state index contributed by atoms with van der Waals surface area (Å²) >= 11 is 0. The van der Waals surface area contributed by atoms with Gasteiger partial charge in [0.05, 0.1) is 19.1 Å². The molecule has 1 aromatic rings. The van der Waals surface area contributed by atoms with E-state index in [1.54, 1.807) is 0 Å². The number of carboxylic acids is 1. The summed E-state index contributed by atoms with van der Waals surface area (Å²) < 4.78 is 43.2. The smallest absolute Gasteiger partial charge is 0.416 e. The first-order valence-corrected chi connectivity index (χ1v) is 4.98. The molecule has 0 amide bonds. The minimum atomic E-state index is -4.61. The molecule has 0 heterocycles. The minimum absolute atomic E-state index is 0.0708. The van der Waals surface area contributed by atoms with Gasteiger partial charge in [-0.3, -0.25) is 4.79 Å². The maximum atomic E-state index is 12.8. The summed E-state index contributed by atoms with van der Waals surface area (Å²) in [5, 5.41) is 8.60. The summed E-state index contributed by atoms with van der Waals surface area (Å²) in [6.07, 6.45) is -5.22. The van der Waals surface area contributed by atoms with Crippen LogP contribution in [0.2, 0.25) is 0 Å². The molecule has 4 nitrogen and oxygen atoms in total. The number of nitrogens with two attached hydrogens (primary N) is 1. The SMILES string of the molecule is COc1cccc(C(F)(F)F)c1C(N)CC(=O)O. The molecule has 0 bridgehead atoms. The van der Waals surface area contributed by atoms with Gasteiger partial charge in [-0.15, -0.1) is 0 Å². The molecule has 0 saturated carbocycles. The fraction of sp³-hybridized carbons (Fsp3) is 0.364. The van der Waals surface area contributed by atoms with Gasteiger partial charge in [0.15, 0.2) is 0 Å². The lowest BCUT2D eigenvalue weighted by Gasteiger charge is -2.20. The molecule has 0 spiro atoms. The molecule has 0 fully saturated rings. The molecule has 0 radical (unpaired) electrons. The van der Waals surface area contributed by atoms with E-state index in [-0.39, 0.29) is 11.3 Å². The molecule has 1 rings (SSSR count). The number of aliphatic carboxylic acids is 1. The first-order valence-electron chi connectivity index (χ1n) is 4.98. The molecule has 100 valence electrons.